The number of ether oxygens (including phenoxy) is 1. The second-order valence-corrected chi connectivity index (χ2v) is 9.91. The lowest BCUT2D eigenvalue weighted by molar-refractivity contribution is 0.0730. The zero-order chi connectivity index (χ0) is 21.7. The van der Waals surface area contributed by atoms with Crippen molar-refractivity contribution >= 4 is 15.9 Å². The number of carbonyl (C=O) groups is 1. The largest absolute Gasteiger partial charge is 0.379 e. The number of sulfonamides is 1. The molecule has 0 aromatic heterocycles. The number of nitrogens with one attached hydrogen (secondary N) is 1. The van der Waals surface area contributed by atoms with E-state index in [1.54, 1.807) is 12.1 Å². The van der Waals surface area contributed by atoms with Crippen molar-refractivity contribution in [1.82, 2.24) is 14.5 Å². The molecule has 2 aromatic carbocycles. The minimum atomic E-state index is -3.56. The summed E-state index contributed by atoms with van der Waals surface area (Å²) in [5, 5.41) is 2.97. The summed E-state index contributed by atoms with van der Waals surface area (Å²) < 4.78 is 32.1. The van der Waals surface area contributed by atoms with Crippen LogP contribution in [0.4, 0.5) is 0 Å². The number of hydrogen-bond acceptors (Lipinski definition) is 5. The lowest BCUT2D eigenvalue weighted by atomic mass is 10.1. The van der Waals surface area contributed by atoms with Crippen LogP contribution in [0.25, 0.3) is 0 Å². The van der Waals surface area contributed by atoms with E-state index in [-0.39, 0.29) is 10.8 Å². The van der Waals surface area contributed by atoms with Crippen LogP contribution in [0.2, 0.25) is 0 Å². The lowest BCUT2D eigenvalue weighted by Gasteiger charge is -2.26. The van der Waals surface area contributed by atoms with Crippen LogP contribution in [-0.4, -0.2) is 62.9 Å². The highest BCUT2D eigenvalue weighted by atomic mass is 32.2. The lowest BCUT2D eigenvalue weighted by Crippen LogP contribution is -2.40. The van der Waals surface area contributed by atoms with E-state index in [9.17, 15) is 13.2 Å². The van der Waals surface area contributed by atoms with Gasteiger partial charge in [0.05, 0.1) is 18.1 Å². The van der Waals surface area contributed by atoms with Crippen molar-refractivity contribution in [2.75, 3.05) is 39.4 Å². The summed E-state index contributed by atoms with van der Waals surface area (Å²) >= 11 is 0. The number of amides is 1. The van der Waals surface area contributed by atoms with Gasteiger partial charge in [0.15, 0.2) is 0 Å². The van der Waals surface area contributed by atoms with E-state index in [1.165, 1.54) is 34.8 Å². The van der Waals surface area contributed by atoms with Crippen LogP contribution < -0.4 is 5.32 Å². The number of morpholine rings is 1. The topological polar surface area (TPSA) is 79.0 Å². The standard InChI is InChI=1S/C23H29N3O4S/c27-23(24-17-20-5-1-2-6-21(20)18-25-11-3-4-12-25)19-7-9-22(10-8-19)31(28,29)26-13-15-30-16-14-26/h1-2,5-10H,3-4,11-18H2,(H,24,27). The van der Waals surface area contributed by atoms with E-state index >= 15 is 0 Å². The highest BCUT2D eigenvalue weighted by Gasteiger charge is 2.26. The molecule has 2 aliphatic rings. The summed E-state index contributed by atoms with van der Waals surface area (Å²) in [6.45, 7) is 5.10. The Morgan fingerprint density at radius 3 is 2.23 bits per heavy atom. The third-order valence-corrected chi connectivity index (χ3v) is 7.79. The molecule has 0 saturated carbocycles. The predicted molar refractivity (Wildman–Crippen MR) is 118 cm³/mol. The summed E-state index contributed by atoms with van der Waals surface area (Å²) in [5.41, 5.74) is 2.78. The monoisotopic (exact) mass is 443 g/mol. The Balaban J connectivity index is 1.38. The number of nitrogens with zero attached hydrogens (tertiary/aromatic N) is 2. The molecule has 8 heteroatoms. The van der Waals surface area contributed by atoms with Gasteiger partial charge in [-0.3, -0.25) is 9.69 Å². The summed E-state index contributed by atoms with van der Waals surface area (Å²) in [6, 6.07) is 14.3. The molecule has 1 N–H and O–H groups in total. The second-order valence-electron chi connectivity index (χ2n) is 7.98. The van der Waals surface area contributed by atoms with Crippen LogP contribution in [0.3, 0.4) is 0 Å². The van der Waals surface area contributed by atoms with Crippen molar-refractivity contribution in [3.8, 4) is 0 Å². The van der Waals surface area contributed by atoms with Crippen molar-refractivity contribution in [3.63, 3.8) is 0 Å². The molecule has 0 bridgehead atoms. The first-order valence-electron chi connectivity index (χ1n) is 10.8. The van der Waals surface area contributed by atoms with Gasteiger partial charge in [0.1, 0.15) is 0 Å². The van der Waals surface area contributed by atoms with E-state index in [0.29, 0.717) is 38.4 Å². The molecule has 0 spiro atoms. The second kappa shape index (κ2) is 9.91. The minimum Gasteiger partial charge on any atom is -0.379 e. The minimum absolute atomic E-state index is 0.196. The highest BCUT2D eigenvalue weighted by molar-refractivity contribution is 7.89. The fourth-order valence-corrected chi connectivity index (χ4v) is 5.47. The maximum Gasteiger partial charge on any atom is 0.251 e. The molecular formula is C23H29N3O4S. The fraction of sp³-hybridized carbons (Fsp3) is 0.435. The summed E-state index contributed by atoms with van der Waals surface area (Å²) in [6.07, 6.45) is 2.49. The van der Waals surface area contributed by atoms with Crippen molar-refractivity contribution in [3.05, 3.63) is 65.2 Å². The van der Waals surface area contributed by atoms with Gasteiger partial charge in [-0.1, -0.05) is 24.3 Å². The molecule has 1 amide bonds. The molecule has 2 heterocycles. The molecule has 0 aliphatic carbocycles. The summed E-state index contributed by atoms with van der Waals surface area (Å²) in [4.78, 5) is 15.3. The average Bonchev–Trinajstić information content (AvgIpc) is 3.32. The van der Waals surface area contributed by atoms with Gasteiger partial charge in [0.25, 0.3) is 5.91 Å². The Morgan fingerprint density at radius 2 is 1.55 bits per heavy atom. The average molecular weight is 444 g/mol. The fourth-order valence-electron chi connectivity index (χ4n) is 4.06. The number of hydrogen-bond donors (Lipinski definition) is 1. The van der Waals surface area contributed by atoms with E-state index < -0.39 is 10.0 Å². The molecule has 0 radical (unpaired) electrons. The Bertz CT molecular complexity index is 996. The van der Waals surface area contributed by atoms with Crippen molar-refractivity contribution < 1.29 is 17.9 Å². The summed E-state index contributed by atoms with van der Waals surface area (Å²) in [7, 11) is -3.56. The van der Waals surface area contributed by atoms with Crippen LogP contribution in [0.15, 0.2) is 53.4 Å². The molecule has 2 saturated heterocycles. The van der Waals surface area contributed by atoms with Gasteiger partial charge in [-0.05, 0) is 61.3 Å². The molecular weight excluding hydrogens is 414 g/mol. The number of benzene rings is 2. The molecule has 0 unspecified atom stereocenters. The quantitative estimate of drug-likeness (QED) is 0.710. The van der Waals surface area contributed by atoms with Gasteiger partial charge in [0.2, 0.25) is 10.0 Å². The third kappa shape index (κ3) is 5.33. The van der Waals surface area contributed by atoms with Crippen LogP contribution in [-0.2, 0) is 27.8 Å². The Hall–Kier alpha value is -2.26. The molecule has 166 valence electrons. The maximum absolute atomic E-state index is 12.7. The Morgan fingerprint density at radius 1 is 0.903 bits per heavy atom. The first kappa shape index (κ1) is 22.0. The zero-order valence-corrected chi connectivity index (χ0v) is 18.4. The predicted octanol–water partition coefficient (Wildman–Crippen LogP) is 2.23. The number of carbonyl (C=O) groups excluding carboxylic acids is 1. The van der Waals surface area contributed by atoms with Crippen molar-refractivity contribution in [2.45, 2.75) is 30.8 Å². The normalized spacial score (nSPS) is 18.2. The van der Waals surface area contributed by atoms with Crippen LogP contribution >= 0.6 is 0 Å². The molecule has 0 atom stereocenters. The SMILES string of the molecule is O=C(NCc1ccccc1CN1CCCC1)c1ccc(S(=O)(=O)N2CCOCC2)cc1. The van der Waals surface area contributed by atoms with Crippen LogP contribution in [0, 0.1) is 0 Å². The third-order valence-electron chi connectivity index (χ3n) is 5.87. The van der Waals surface area contributed by atoms with Gasteiger partial charge < -0.3 is 10.1 Å². The molecule has 4 rings (SSSR count). The van der Waals surface area contributed by atoms with Crippen LogP contribution in [0.1, 0.15) is 34.3 Å². The van der Waals surface area contributed by atoms with Gasteiger partial charge in [-0.25, -0.2) is 8.42 Å². The van der Waals surface area contributed by atoms with Gasteiger partial charge in [-0.15, -0.1) is 0 Å². The van der Waals surface area contributed by atoms with Gasteiger partial charge in [-0.2, -0.15) is 4.31 Å². The Labute approximate surface area is 184 Å². The van der Waals surface area contributed by atoms with Gasteiger partial charge in [0, 0.05) is 31.7 Å². The first-order chi connectivity index (χ1) is 15.0. The Kier molecular flexibility index (Phi) is 7.02. The van der Waals surface area contributed by atoms with E-state index in [1.807, 2.05) is 18.2 Å². The summed E-state index contributed by atoms with van der Waals surface area (Å²) in [5.74, 6) is -0.216. The first-order valence-corrected chi connectivity index (χ1v) is 12.2. The highest BCUT2D eigenvalue weighted by Crippen LogP contribution is 2.19. The zero-order valence-electron chi connectivity index (χ0n) is 17.6. The molecule has 2 aromatic rings. The number of rotatable bonds is 7. The van der Waals surface area contributed by atoms with Gasteiger partial charge >= 0.3 is 0 Å². The number of likely N-dealkylation sites (tertiary alicyclic amines) is 1. The van der Waals surface area contributed by atoms with Crippen LogP contribution in [0.5, 0.6) is 0 Å². The van der Waals surface area contributed by atoms with E-state index in [0.717, 1.165) is 25.2 Å². The molecule has 7 nitrogen and oxygen atoms in total. The van der Waals surface area contributed by atoms with Crippen molar-refractivity contribution in [2.24, 2.45) is 0 Å². The molecule has 2 fully saturated rings. The maximum atomic E-state index is 12.7. The smallest absolute Gasteiger partial charge is 0.251 e. The molecule has 2 aliphatic heterocycles. The molecule has 31 heavy (non-hydrogen) atoms. The van der Waals surface area contributed by atoms with Crippen molar-refractivity contribution in [1.29, 1.82) is 0 Å². The van der Waals surface area contributed by atoms with E-state index in [2.05, 4.69) is 16.3 Å². The van der Waals surface area contributed by atoms with E-state index in [4.69, 9.17) is 4.74 Å².